The number of amides is 1. The number of nitrogens with zero attached hydrogens (tertiary/aromatic N) is 3. The lowest BCUT2D eigenvalue weighted by molar-refractivity contribution is -0.134. The molecule has 0 bridgehead atoms. The number of rotatable bonds is 13. The first-order valence-corrected chi connectivity index (χ1v) is 15.5. The predicted octanol–water partition coefficient (Wildman–Crippen LogP) is 4.57. The number of aryl methyl sites for hydroxylation is 1. The van der Waals surface area contributed by atoms with Crippen molar-refractivity contribution in [2.24, 2.45) is 0 Å². The fraction of sp³-hybridized carbons (Fsp3) is 0.393. The van der Waals surface area contributed by atoms with E-state index in [0.717, 1.165) is 46.9 Å². The highest BCUT2D eigenvalue weighted by Crippen LogP contribution is 2.50. The second-order valence-corrected chi connectivity index (χ2v) is 13.4. The first-order chi connectivity index (χ1) is 18.5. The Hall–Kier alpha value is -2.79. The molecular formula is C28H32ClN3O5S2. The maximum atomic E-state index is 14.0. The summed E-state index contributed by atoms with van der Waals surface area (Å²) in [5, 5.41) is 2.82. The van der Waals surface area contributed by atoms with Crippen LogP contribution >= 0.6 is 22.9 Å². The molecule has 1 fully saturated rings. The summed E-state index contributed by atoms with van der Waals surface area (Å²) in [5.41, 5.74) is 1.56. The molecule has 0 saturated heterocycles. The van der Waals surface area contributed by atoms with Gasteiger partial charge in [-0.15, -0.1) is 11.3 Å². The highest BCUT2D eigenvalue weighted by atomic mass is 35.5. The fourth-order valence-corrected chi connectivity index (χ4v) is 6.19. The van der Waals surface area contributed by atoms with E-state index >= 15 is 0 Å². The summed E-state index contributed by atoms with van der Waals surface area (Å²) in [4.78, 5) is 32.8. The lowest BCUT2D eigenvalue weighted by Gasteiger charge is -2.27. The summed E-state index contributed by atoms with van der Waals surface area (Å²) in [6, 6.07) is 15.3. The van der Waals surface area contributed by atoms with Gasteiger partial charge in [-0.25, -0.2) is 17.7 Å². The molecule has 208 valence electrons. The van der Waals surface area contributed by atoms with Crippen LogP contribution in [0.15, 0.2) is 53.9 Å². The van der Waals surface area contributed by atoms with Crippen LogP contribution in [0.25, 0.3) is 0 Å². The Bertz CT molecular complexity index is 1430. The van der Waals surface area contributed by atoms with Crippen molar-refractivity contribution in [3.63, 3.8) is 0 Å². The number of ketones is 1. The molecule has 11 heteroatoms. The summed E-state index contributed by atoms with van der Waals surface area (Å²) in [7, 11) is 0.688. The molecule has 39 heavy (non-hydrogen) atoms. The average molecular weight is 590 g/mol. The van der Waals surface area contributed by atoms with E-state index in [1.807, 2.05) is 53.4 Å². The van der Waals surface area contributed by atoms with Crippen molar-refractivity contribution in [3.05, 3.63) is 80.8 Å². The second-order valence-electron chi connectivity index (χ2n) is 9.86. The minimum atomic E-state index is -3.70. The van der Waals surface area contributed by atoms with E-state index in [0.29, 0.717) is 16.6 Å². The number of methoxy groups -OCH3 is 1. The lowest BCUT2D eigenvalue weighted by atomic mass is 9.94. The molecule has 0 radical (unpaired) electrons. The van der Waals surface area contributed by atoms with Crippen molar-refractivity contribution >= 4 is 44.7 Å². The molecule has 1 aliphatic rings. The highest BCUT2D eigenvalue weighted by Gasteiger charge is 2.53. The van der Waals surface area contributed by atoms with Gasteiger partial charge < -0.3 is 9.64 Å². The zero-order chi connectivity index (χ0) is 28.2. The van der Waals surface area contributed by atoms with Crippen molar-refractivity contribution in [2.45, 2.75) is 37.6 Å². The van der Waals surface area contributed by atoms with Crippen LogP contribution in [0.3, 0.4) is 0 Å². The van der Waals surface area contributed by atoms with Gasteiger partial charge in [-0.3, -0.25) is 9.59 Å². The monoisotopic (exact) mass is 589 g/mol. The predicted molar refractivity (Wildman–Crippen MR) is 153 cm³/mol. The molecule has 8 nitrogen and oxygen atoms in total. The number of sulfonamides is 1. The number of ether oxygens (including phenoxy) is 1. The topological polar surface area (TPSA) is 96.9 Å². The molecule has 4 rings (SSSR count). The molecular weight excluding hydrogens is 558 g/mol. The molecule has 1 aromatic heterocycles. The Kier molecular flexibility index (Phi) is 9.10. The minimum Gasteiger partial charge on any atom is -0.497 e. The lowest BCUT2D eigenvalue weighted by Crippen LogP contribution is -2.39. The number of hydrogen-bond donors (Lipinski definition) is 0. The first-order valence-electron chi connectivity index (χ1n) is 12.6. The van der Waals surface area contributed by atoms with Gasteiger partial charge >= 0.3 is 0 Å². The van der Waals surface area contributed by atoms with Crippen molar-refractivity contribution in [1.82, 2.24) is 14.2 Å². The SMILES string of the molecule is COc1ccc(C2(C(=O)N(CCCc3cccc(Cl)c3)Cc3nc(C(=O)CS(=O)(=O)N(C)C)cs3)CC2)cc1. The Balaban J connectivity index is 1.52. The maximum absolute atomic E-state index is 14.0. The number of benzene rings is 2. The number of carbonyl (C=O) groups is 2. The van der Waals surface area contributed by atoms with E-state index in [-0.39, 0.29) is 18.1 Å². The van der Waals surface area contributed by atoms with E-state index < -0.39 is 27.0 Å². The third kappa shape index (κ3) is 7.05. The third-order valence-electron chi connectivity index (χ3n) is 6.91. The largest absolute Gasteiger partial charge is 0.497 e. The maximum Gasteiger partial charge on any atom is 0.233 e. The van der Waals surface area contributed by atoms with E-state index in [4.69, 9.17) is 16.3 Å². The summed E-state index contributed by atoms with van der Waals surface area (Å²) in [5.74, 6) is -0.456. The summed E-state index contributed by atoms with van der Waals surface area (Å²) in [6.45, 7) is 0.742. The molecule has 0 aliphatic heterocycles. The summed E-state index contributed by atoms with van der Waals surface area (Å²) in [6.07, 6.45) is 2.99. The molecule has 2 aromatic carbocycles. The molecule has 0 unspecified atom stereocenters. The van der Waals surface area contributed by atoms with Crippen LogP contribution in [0.4, 0.5) is 0 Å². The van der Waals surface area contributed by atoms with Crippen LogP contribution in [0, 0.1) is 0 Å². The zero-order valence-electron chi connectivity index (χ0n) is 22.2. The van der Waals surface area contributed by atoms with Gasteiger partial charge in [-0.1, -0.05) is 35.9 Å². The molecule has 0 spiro atoms. The van der Waals surface area contributed by atoms with Crippen LogP contribution < -0.4 is 4.74 Å². The van der Waals surface area contributed by atoms with Gasteiger partial charge in [-0.2, -0.15) is 0 Å². The van der Waals surface area contributed by atoms with Crippen molar-refractivity contribution < 1.29 is 22.7 Å². The number of thiazole rings is 1. The van der Waals surface area contributed by atoms with Gasteiger partial charge in [0.1, 0.15) is 22.2 Å². The molecule has 1 aliphatic carbocycles. The van der Waals surface area contributed by atoms with Gasteiger partial charge in [0.05, 0.1) is 19.1 Å². The number of Topliss-reactive ketones (excluding diaryl/α,β-unsaturated/α-hetero) is 1. The molecule has 1 amide bonds. The molecule has 1 heterocycles. The molecule has 3 aromatic rings. The van der Waals surface area contributed by atoms with Crippen LogP contribution in [-0.4, -0.2) is 67.8 Å². The van der Waals surface area contributed by atoms with Gasteiger partial charge in [0, 0.05) is 31.0 Å². The Morgan fingerprint density at radius 1 is 1.13 bits per heavy atom. The Morgan fingerprint density at radius 2 is 1.85 bits per heavy atom. The summed E-state index contributed by atoms with van der Waals surface area (Å²) < 4.78 is 30.6. The molecule has 0 atom stereocenters. The average Bonchev–Trinajstić information content (AvgIpc) is 3.58. The van der Waals surface area contributed by atoms with Gasteiger partial charge in [0.25, 0.3) is 0 Å². The number of aromatic nitrogens is 1. The molecule has 0 N–H and O–H groups in total. The smallest absolute Gasteiger partial charge is 0.233 e. The van der Waals surface area contributed by atoms with Crippen LogP contribution in [0.2, 0.25) is 5.02 Å². The van der Waals surface area contributed by atoms with Crippen molar-refractivity contribution in [2.75, 3.05) is 33.5 Å². The number of halogens is 1. The van der Waals surface area contributed by atoms with Gasteiger partial charge in [-0.05, 0) is 61.1 Å². The van der Waals surface area contributed by atoms with Gasteiger partial charge in [0.15, 0.2) is 5.78 Å². The molecule has 1 saturated carbocycles. The van der Waals surface area contributed by atoms with Crippen LogP contribution in [0.5, 0.6) is 5.75 Å². The van der Waals surface area contributed by atoms with E-state index in [9.17, 15) is 18.0 Å². The van der Waals surface area contributed by atoms with E-state index in [1.54, 1.807) is 12.5 Å². The second kappa shape index (κ2) is 12.2. The normalized spacial score (nSPS) is 14.3. The van der Waals surface area contributed by atoms with E-state index in [2.05, 4.69) is 4.98 Å². The first kappa shape index (κ1) is 29.2. The quantitative estimate of drug-likeness (QED) is 0.271. The van der Waals surface area contributed by atoms with Crippen LogP contribution in [0.1, 0.15) is 45.9 Å². The van der Waals surface area contributed by atoms with Gasteiger partial charge in [0.2, 0.25) is 15.9 Å². The number of carbonyl (C=O) groups excluding carboxylic acids is 2. The highest BCUT2D eigenvalue weighted by molar-refractivity contribution is 7.89. The van der Waals surface area contributed by atoms with E-state index in [1.165, 1.54) is 25.4 Å². The van der Waals surface area contributed by atoms with Crippen molar-refractivity contribution in [1.29, 1.82) is 0 Å². The number of hydrogen-bond acceptors (Lipinski definition) is 7. The third-order valence-corrected chi connectivity index (χ3v) is 9.71. The fourth-order valence-electron chi connectivity index (χ4n) is 4.43. The Labute approximate surface area is 238 Å². The van der Waals surface area contributed by atoms with Crippen LogP contribution in [-0.2, 0) is 33.2 Å². The standard InChI is InChI=1S/C28H32ClN3O5S2/c1-31(2)39(35,36)19-25(33)24-18-38-26(30-24)17-32(15-5-7-20-6-4-8-22(29)16-20)27(34)28(13-14-28)21-9-11-23(37-3)12-10-21/h4,6,8-12,16,18H,5,7,13-15,17,19H2,1-3H3. The zero-order valence-corrected chi connectivity index (χ0v) is 24.6. The Morgan fingerprint density at radius 3 is 2.46 bits per heavy atom. The summed E-state index contributed by atoms with van der Waals surface area (Å²) >= 11 is 7.39. The van der Waals surface area contributed by atoms with Crippen molar-refractivity contribution in [3.8, 4) is 5.75 Å². The minimum absolute atomic E-state index is 0.0250.